The second kappa shape index (κ2) is 3.87. The lowest BCUT2D eigenvalue weighted by Crippen LogP contribution is -2.21. The second-order valence-electron chi connectivity index (χ2n) is 3.77. The zero-order chi connectivity index (χ0) is 13.5. The molecular weight excluding hydrogens is 247 g/mol. The smallest absolute Gasteiger partial charge is 0.367 e. The summed E-state index contributed by atoms with van der Waals surface area (Å²) >= 11 is 0. The summed E-state index contributed by atoms with van der Waals surface area (Å²) in [7, 11) is 0. The van der Waals surface area contributed by atoms with E-state index in [9.17, 15) is 13.2 Å². The van der Waals surface area contributed by atoms with Gasteiger partial charge in [0, 0.05) is 0 Å². The molecule has 2 aromatic heterocycles. The van der Waals surface area contributed by atoms with Gasteiger partial charge >= 0.3 is 6.18 Å². The Hall–Kier alpha value is -2.30. The lowest BCUT2D eigenvalue weighted by molar-refractivity contribution is -0.147. The first-order valence-corrected chi connectivity index (χ1v) is 4.95. The van der Waals surface area contributed by atoms with Crippen LogP contribution in [-0.2, 0) is 0 Å². The standard InChI is InChI=1S/C10H8F3N5/c1-5(10(11,12)13)8-6(3-14)2-7-4-16-9(15)17-18(7)8/h2,4-5H,1H3,(H2,15,17). The second-order valence-corrected chi connectivity index (χ2v) is 3.77. The zero-order valence-electron chi connectivity index (χ0n) is 9.23. The molecule has 1 unspecified atom stereocenters. The van der Waals surface area contributed by atoms with Crippen molar-refractivity contribution in [1.82, 2.24) is 14.6 Å². The lowest BCUT2D eigenvalue weighted by atomic mass is 10.0. The Bertz CT molecular complexity index is 637. The van der Waals surface area contributed by atoms with Crippen molar-refractivity contribution in [2.24, 2.45) is 0 Å². The number of nitriles is 1. The fraction of sp³-hybridized carbons (Fsp3) is 0.300. The number of nitrogens with zero attached hydrogens (tertiary/aromatic N) is 4. The Morgan fingerprint density at radius 3 is 2.72 bits per heavy atom. The fourth-order valence-corrected chi connectivity index (χ4v) is 1.66. The molecule has 0 aromatic carbocycles. The van der Waals surface area contributed by atoms with E-state index in [2.05, 4.69) is 10.1 Å². The van der Waals surface area contributed by atoms with Crippen molar-refractivity contribution < 1.29 is 13.2 Å². The molecule has 2 N–H and O–H groups in total. The van der Waals surface area contributed by atoms with E-state index in [1.54, 1.807) is 6.07 Å². The summed E-state index contributed by atoms with van der Waals surface area (Å²) in [5, 5.41) is 12.6. The molecule has 0 aliphatic carbocycles. The molecule has 2 rings (SSSR count). The first-order valence-electron chi connectivity index (χ1n) is 4.95. The van der Waals surface area contributed by atoms with E-state index < -0.39 is 12.1 Å². The molecule has 0 fully saturated rings. The third kappa shape index (κ3) is 1.84. The minimum atomic E-state index is -4.46. The summed E-state index contributed by atoms with van der Waals surface area (Å²) in [5.74, 6) is -1.97. The average Bonchev–Trinajstić information content (AvgIpc) is 2.64. The van der Waals surface area contributed by atoms with Gasteiger partial charge in [0.05, 0.1) is 28.9 Å². The van der Waals surface area contributed by atoms with Gasteiger partial charge in [0.1, 0.15) is 6.07 Å². The Morgan fingerprint density at radius 2 is 2.17 bits per heavy atom. The van der Waals surface area contributed by atoms with E-state index in [0.717, 1.165) is 11.4 Å². The van der Waals surface area contributed by atoms with Gasteiger partial charge < -0.3 is 5.73 Å². The van der Waals surface area contributed by atoms with Crippen LogP contribution in [0.5, 0.6) is 0 Å². The minimum Gasteiger partial charge on any atom is -0.367 e. The number of rotatable bonds is 1. The molecule has 2 heterocycles. The first-order chi connectivity index (χ1) is 8.34. The van der Waals surface area contributed by atoms with Crippen molar-refractivity contribution in [2.45, 2.75) is 19.0 Å². The summed E-state index contributed by atoms with van der Waals surface area (Å²) in [6.45, 7) is 0.973. The lowest BCUT2D eigenvalue weighted by Gasteiger charge is -2.15. The number of hydrogen-bond acceptors (Lipinski definition) is 4. The van der Waals surface area contributed by atoms with Crippen LogP contribution in [0.3, 0.4) is 0 Å². The monoisotopic (exact) mass is 255 g/mol. The highest BCUT2D eigenvalue weighted by Gasteiger charge is 2.40. The van der Waals surface area contributed by atoms with Gasteiger partial charge in [-0.1, -0.05) is 0 Å². The molecule has 1 atom stereocenters. The summed E-state index contributed by atoms with van der Waals surface area (Å²) in [6, 6.07) is 3.03. The normalized spacial score (nSPS) is 13.5. The van der Waals surface area contributed by atoms with E-state index in [4.69, 9.17) is 11.0 Å². The Kier molecular flexibility index (Phi) is 2.62. The van der Waals surface area contributed by atoms with Crippen molar-refractivity contribution in [3.05, 3.63) is 23.5 Å². The molecule has 0 aliphatic heterocycles. The highest BCUT2D eigenvalue weighted by molar-refractivity contribution is 5.56. The van der Waals surface area contributed by atoms with E-state index in [-0.39, 0.29) is 17.2 Å². The number of hydrogen-bond donors (Lipinski definition) is 1. The largest absolute Gasteiger partial charge is 0.397 e. The van der Waals surface area contributed by atoms with Gasteiger partial charge in [-0.25, -0.2) is 9.50 Å². The summed E-state index contributed by atoms with van der Waals surface area (Å²) < 4.78 is 39.3. The molecule has 0 aliphatic rings. The van der Waals surface area contributed by atoms with E-state index in [1.165, 1.54) is 12.3 Å². The maximum absolute atomic E-state index is 12.8. The van der Waals surface area contributed by atoms with Gasteiger partial charge in [-0.3, -0.25) is 0 Å². The topological polar surface area (TPSA) is 80.0 Å². The Morgan fingerprint density at radius 1 is 1.50 bits per heavy atom. The molecule has 0 radical (unpaired) electrons. The number of alkyl halides is 3. The van der Waals surface area contributed by atoms with Crippen LogP contribution in [0.4, 0.5) is 19.1 Å². The first kappa shape index (κ1) is 12.2. The summed E-state index contributed by atoms with van der Waals surface area (Å²) in [5.41, 5.74) is 5.33. The number of halogens is 3. The van der Waals surface area contributed by atoms with Crippen LogP contribution in [0.1, 0.15) is 24.1 Å². The molecule has 94 valence electrons. The van der Waals surface area contributed by atoms with Crippen molar-refractivity contribution in [2.75, 3.05) is 5.73 Å². The molecule has 0 saturated heterocycles. The number of aromatic nitrogens is 3. The molecule has 2 aromatic rings. The van der Waals surface area contributed by atoms with Gasteiger partial charge in [-0.2, -0.15) is 18.4 Å². The van der Waals surface area contributed by atoms with Crippen LogP contribution in [0.25, 0.3) is 5.52 Å². The van der Waals surface area contributed by atoms with Crippen LogP contribution in [0.2, 0.25) is 0 Å². The highest BCUT2D eigenvalue weighted by Crippen LogP contribution is 2.36. The maximum atomic E-state index is 12.8. The minimum absolute atomic E-state index is 0.0836. The maximum Gasteiger partial charge on any atom is 0.397 e. The quantitative estimate of drug-likeness (QED) is 0.843. The highest BCUT2D eigenvalue weighted by atomic mass is 19.4. The predicted molar refractivity (Wildman–Crippen MR) is 56.6 cm³/mol. The van der Waals surface area contributed by atoms with Crippen LogP contribution in [0.15, 0.2) is 12.3 Å². The third-order valence-electron chi connectivity index (χ3n) is 2.59. The molecule has 5 nitrogen and oxygen atoms in total. The van der Waals surface area contributed by atoms with Crippen molar-refractivity contribution in [3.63, 3.8) is 0 Å². The number of anilines is 1. The summed E-state index contributed by atoms with van der Waals surface area (Å²) in [6.07, 6.45) is -3.19. The third-order valence-corrected chi connectivity index (χ3v) is 2.59. The molecular formula is C10H8F3N5. The van der Waals surface area contributed by atoms with Crippen LogP contribution in [0, 0.1) is 11.3 Å². The van der Waals surface area contributed by atoms with Crippen LogP contribution >= 0.6 is 0 Å². The predicted octanol–water partition coefficient (Wildman–Crippen LogP) is 1.85. The summed E-state index contributed by atoms with van der Waals surface area (Å²) in [4.78, 5) is 3.67. The van der Waals surface area contributed by atoms with Crippen LogP contribution < -0.4 is 5.73 Å². The molecule has 0 saturated carbocycles. The molecule has 0 spiro atoms. The SMILES string of the molecule is CC(c1c(C#N)cc2cnc(N)nn12)C(F)(F)F. The molecule has 0 bridgehead atoms. The Balaban J connectivity index is 2.75. The van der Waals surface area contributed by atoms with E-state index in [0.29, 0.717) is 5.52 Å². The van der Waals surface area contributed by atoms with Gasteiger partial charge in [0.15, 0.2) is 0 Å². The van der Waals surface area contributed by atoms with Gasteiger partial charge in [0.2, 0.25) is 5.95 Å². The zero-order valence-corrected chi connectivity index (χ0v) is 9.23. The van der Waals surface area contributed by atoms with Gasteiger partial charge in [0.25, 0.3) is 0 Å². The van der Waals surface area contributed by atoms with Gasteiger partial charge in [-0.05, 0) is 13.0 Å². The van der Waals surface area contributed by atoms with Crippen molar-refractivity contribution in [1.29, 1.82) is 5.26 Å². The molecule has 0 amide bonds. The van der Waals surface area contributed by atoms with Gasteiger partial charge in [-0.15, -0.1) is 5.10 Å². The van der Waals surface area contributed by atoms with Crippen molar-refractivity contribution in [3.8, 4) is 6.07 Å². The van der Waals surface area contributed by atoms with Crippen LogP contribution in [-0.4, -0.2) is 20.8 Å². The van der Waals surface area contributed by atoms with Crippen molar-refractivity contribution >= 4 is 11.5 Å². The average molecular weight is 255 g/mol. The number of nitrogens with two attached hydrogens (primary N) is 1. The van der Waals surface area contributed by atoms with E-state index >= 15 is 0 Å². The van der Waals surface area contributed by atoms with E-state index in [1.807, 2.05) is 0 Å². The molecule has 8 heteroatoms. The fourth-order valence-electron chi connectivity index (χ4n) is 1.66. The Labute approximate surface area is 99.6 Å². The molecule has 18 heavy (non-hydrogen) atoms. The number of nitrogen functional groups attached to an aromatic ring is 1. The number of fused-ring (bicyclic) bond motifs is 1.